The molecule has 226 valence electrons. The zero-order valence-corrected chi connectivity index (χ0v) is 25.8. The van der Waals surface area contributed by atoms with Gasteiger partial charge in [0.1, 0.15) is 29.2 Å². The minimum Gasteiger partial charge on any atom is -0.483 e. The van der Waals surface area contributed by atoms with Crippen molar-refractivity contribution in [1.82, 2.24) is 14.9 Å². The highest BCUT2D eigenvalue weighted by Gasteiger charge is 2.29. The van der Waals surface area contributed by atoms with Crippen LogP contribution in [0.25, 0.3) is 0 Å². The molecule has 0 spiro atoms. The van der Waals surface area contributed by atoms with E-state index in [2.05, 4.69) is 26.8 Å². The van der Waals surface area contributed by atoms with Gasteiger partial charge in [-0.25, -0.2) is 27.6 Å². The number of rotatable bonds is 9. The average molecular weight is 629 g/mol. The van der Waals surface area contributed by atoms with Crippen LogP contribution in [-0.2, 0) is 14.6 Å². The number of hydrogen-bond acceptors (Lipinski definition) is 8. The first-order valence-corrected chi connectivity index (χ1v) is 15.6. The first-order valence-electron chi connectivity index (χ1n) is 13.3. The van der Waals surface area contributed by atoms with Crippen LogP contribution in [0.5, 0.6) is 5.75 Å². The molecule has 10 nitrogen and oxygen atoms in total. The van der Waals surface area contributed by atoms with Crippen LogP contribution in [-0.4, -0.2) is 77.8 Å². The van der Waals surface area contributed by atoms with E-state index in [1.54, 1.807) is 30.6 Å². The summed E-state index contributed by atoms with van der Waals surface area (Å²) in [5.74, 6) is -0.687. The maximum atomic E-state index is 14.4. The van der Waals surface area contributed by atoms with E-state index in [9.17, 15) is 22.4 Å². The number of carbonyl (C=O) groups excluding carboxylic acids is 2. The fraction of sp³-hybridized carbons (Fsp3) is 0.300. The summed E-state index contributed by atoms with van der Waals surface area (Å²) in [6, 6.07) is 7.58. The molecule has 43 heavy (non-hydrogen) atoms. The molecular weight excluding hydrogens is 597 g/mol. The average Bonchev–Trinajstić information content (AvgIpc) is 2.94. The van der Waals surface area contributed by atoms with Gasteiger partial charge in [0.25, 0.3) is 5.91 Å². The molecule has 1 unspecified atom stereocenters. The summed E-state index contributed by atoms with van der Waals surface area (Å²) < 4.78 is 46.0. The van der Waals surface area contributed by atoms with E-state index in [1.165, 1.54) is 36.7 Å². The highest BCUT2D eigenvalue weighted by Crippen LogP contribution is 2.27. The Morgan fingerprint density at radius 1 is 1.19 bits per heavy atom. The van der Waals surface area contributed by atoms with E-state index in [0.717, 1.165) is 12.0 Å². The standard InChI is InChI=1S/C30H31ClFN5O5S/c1-6-27(38)37-10-9-36(16-20(37)4)17-26(21-7-8-24(31)25(32)13-21)42-22-11-18(2)28(33-14-22)30(39)35-29-19(3)12-23(15-34-29)43(5,40)41/h6-8,11-15,26H,1,9-10,16-17H2,2-5H3/p+1. The van der Waals surface area contributed by atoms with Crippen LogP contribution >= 0.6 is 11.6 Å². The first-order chi connectivity index (χ1) is 20.3. The van der Waals surface area contributed by atoms with Crippen molar-refractivity contribution >= 4 is 44.8 Å². The van der Waals surface area contributed by atoms with Gasteiger partial charge in [-0.2, -0.15) is 4.58 Å². The Hall–Kier alpha value is -4.00. The molecule has 0 aliphatic carbocycles. The Morgan fingerprint density at radius 3 is 2.53 bits per heavy atom. The summed E-state index contributed by atoms with van der Waals surface area (Å²) in [5.41, 5.74) is 2.54. The highest BCUT2D eigenvalue weighted by atomic mass is 35.5. The van der Waals surface area contributed by atoms with Crippen LogP contribution in [0.15, 0.2) is 60.3 Å². The van der Waals surface area contributed by atoms with Gasteiger partial charge in [0, 0.05) is 32.0 Å². The van der Waals surface area contributed by atoms with Gasteiger partial charge in [-0.1, -0.05) is 24.2 Å². The molecule has 3 heterocycles. The lowest BCUT2D eigenvalue weighted by Crippen LogP contribution is -2.47. The predicted molar refractivity (Wildman–Crippen MR) is 161 cm³/mol. The van der Waals surface area contributed by atoms with Gasteiger partial charge in [0.05, 0.1) is 29.2 Å². The summed E-state index contributed by atoms with van der Waals surface area (Å²) >= 11 is 5.92. The molecule has 1 aliphatic heterocycles. The molecule has 0 saturated carbocycles. The molecule has 13 heteroatoms. The lowest BCUT2D eigenvalue weighted by atomic mass is 10.1. The van der Waals surface area contributed by atoms with E-state index in [4.69, 9.17) is 16.3 Å². The fourth-order valence-corrected chi connectivity index (χ4v) is 5.46. The number of hydrogen-bond donors (Lipinski definition) is 1. The minimum absolute atomic E-state index is 0.00760. The Bertz CT molecular complexity index is 1740. The summed E-state index contributed by atoms with van der Waals surface area (Å²) in [4.78, 5) is 35.7. The van der Waals surface area contributed by atoms with Crippen molar-refractivity contribution in [3.05, 3.63) is 88.6 Å². The Balaban J connectivity index is 1.54. The Morgan fingerprint density at radius 2 is 1.93 bits per heavy atom. The Kier molecular flexibility index (Phi) is 9.73. The van der Waals surface area contributed by atoms with Crippen molar-refractivity contribution in [1.29, 1.82) is 0 Å². The number of nitrogens with one attached hydrogen (secondary N) is 1. The van der Waals surface area contributed by atoms with Crippen LogP contribution in [0, 0.1) is 19.7 Å². The molecule has 1 atom stereocenters. The summed E-state index contributed by atoms with van der Waals surface area (Å²) in [6.45, 7) is 10.7. The van der Waals surface area contributed by atoms with Crippen molar-refractivity contribution in [2.45, 2.75) is 31.8 Å². The number of sulfone groups is 1. The molecule has 0 bridgehead atoms. The monoisotopic (exact) mass is 628 g/mol. The van der Waals surface area contributed by atoms with Gasteiger partial charge in [-0.3, -0.25) is 9.69 Å². The zero-order chi connectivity index (χ0) is 31.5. The third-order valence-electron chi connectivity index (χ3n) is 6.99. The van der Waals surface area contributed by atoms with E-state index in [-0.39, 0.29) is 27.3 Å². The van der Waals surface area contributed by atoms with Gasteiger partial charge in [-0.05, 0) is 54.8 Å². The lowest BCUT2D eigenvalue weighted by molar-refractivity contribution is -0.451. The fourth-order valence-electron chi connectivity index (χ4n) is 4.71. The SMILES string of the molecule is C=CC(=O)[N+]1=C(C)CN(CC(Oc2cnc(C(=O)Nc3ncc(S(C)(=O)=O)cc3C)c(C)c2)c2ccc(Cl)c(F)c2)CC1. The van der Waals surface area contributed by atoms with Gasteiger partial charge in [0.2, 0.25) is 0 Å². The third-order valence-corrected chi connectivity index (χ3v) is 8.38. The highest BCUT2D eigenvalue weighted by molar-refractivity contribution is 7.90. The van der Waals surface area contributed by atoms with Gasteiger partial charge in [-0.15, -0.1) is 0 Å². The number of carbonyl (C=O) groups is 2. The van der Waals surface area contributed by atoms with E-state index in [1.807, 2.05) is 6.92 Å². The Labute approximate surface area is 254 Å². The normalized spacial score (nSPS) is 14.7. The topological polar surface area (TPSA) is 122 Å². The van der Waals surface area contributed by atoms with Crippen LogP contribution in [0.4, 0.5) is 10.2 Å². The molecule has 1 N–H and O–H groups in total. The largest absolute Gasteiger partial charge is 0.483 e. The molecule has 2 aromatic heterocycles. The third kappa shape index (κ3) is 7.70. The number of pyridine rings is 2. The molecule has 1 aliphatic rings. The summed E-state index contributed by atoms with van der Waals surface area (Å²) in [6.07, 6.45) is 4.34. The molecule has 0 saturated heterocycles. The van der Waals surface area contributed by atoms with Crippen molar-refractivity contribution in [2.24, 2.45) is 0 Å². The number of amides is 2. The molecule has 3 aromatic rings. The van der Waals surface area contributed by atoms with Crippen LogP contribution in [0.1, 0.15) is 40.2 Å². The van der Waals surface area contributed by atoms with E-state index >= 15 is 0 Å². The molecule has 2 amide bonds. The minimum atomic E-state index is -3.44. The maximum Gasteiger partial charge on any atom is 0.411 e. The molecule has 0 fully saturated rings. The second-order valence-electron chi connectivity index (χ2n) is 10.3. The second-order valence-corrected chi connectivity index (χ2v) is 12.8. The number of ether oxygens (including phenoxy) is 1. The second kappa shape index (κ2) is 13.1. The number of benzene rings is 1. The number of nitrogens with zero attached hydrogens (tertiary/aromatic N) is 4. The van der Waals surface area contributed by atoms with Gasteiger partial charge in [0.15, 0.2) is 22.1 Å². The molecular formula is C30H32ClFN5O5S+. The first kappa shape index (κ1) is 31.9. The summed E-state index contributed by atoms with van der Waals surface area (Å²) in [5, 5.41) is 2.66. The van der Waals surface area contributed by atoms with Crippen molar-refractivity contribution < 1.29 is 31.7 Å². The van der Waals surface area contributed by atoms with Gasteiger partial charge >= 0.3 is 5.91 Å². The van der Waals surface area contributed by atoms with Crippen LogP contribution in [0.3, 0.4) is 0 Å². The lowest BCUT2D eigenvalue weighted by Gasteiger charge is -2.29. The number of anilines is 1. The molecule has 4 rings (SSSR count). The predicted octanol–water partition coefficient (Wildman–Crippen LogP) is 4.16. The maximum absolute atomic E-state index is 14.4. The van der Waals surface area contributed by atoms with Crippen molar-refractivity contribution in [2.75, 3.05) is 37.8 Å². The zero-order valence-electron chi connectivity index (χ0n) is 24.2. The van der Waals surface area contributed by atoms with Gasteiger partial charge < -0.3 is 10.1 Å². The summed E-state index contributed by atoms with van der Waals surface area (Å²) in [7, 11) is -3.44. The quantitative estimate of drug-likeness (QED) is 0.277. The van der Waals surface area contributed by atoms with Crippen LogP contribution < -0.4 is 10.1 Å². The van der Waals surface area contributed by atoms with Crippen molar-refractivity contribution in [3.8, 4) is 5.75 Å². The molecule has 1 aromatic carbocycles. The number of aryl methyl sites for hydroxylation is 2. The van der Waals surface area contributed by atoms with Crippen molar-refractivity contribution in [3.63, 3.8) is 0 Å². The van der Waals surface area contributed by atoms with Crippen LogP contribution in [0.2, 0.25) is 5.02 Å². The smallest absolute Gasteiger partial charge is 0.411 e. The molecule has 0 radical (unpaired) electrons. The van der Waals surface area contributed by atoms with E-state index in [0.29, 0.717) is 48.6 Å². The number of halogens is 2. The van der Waals surface area contributed by atoms with E-state index < -0.39 is 27.7 Å². The number of aromatic nitrogens is 2.